The van der Waals surface area contributed by atoms with Crippen LogP contribution < -0.4 is 10.4 Å². The van der Waals surface area contributed by atoms with Gasteiger partial charge < -0.3 is 0 Å². The number of anilines is 1. The number of hydrogen-bond acceptors (Lipinski definition) is 3. The zero-order valence-electron chi connectivity index (χ0n) is 13.9. The van der Waals surface area contributed by atoms with Crippen LogP contribution in [0.15, 0.2) is 52.2 Å². The van der Waals surface area contributed by atoms with Crippen molar-refractivity contribution in [2.24, 2.45) is 0 Å². The minimum absolute atomic E-state index is 0.0136. The van der Waals surface area contributed by atoms with Gasteiger partial charge >= 0.3 is 5.69 Å². The van der Waals surface area contributed by atoms with E-state index in [0.717, 1.165) is 6.07 Å². The van der Waals surface area contributed by atoms with Gasteiger partial charge in [0.2, 0.25) is 0 Å². The summed E-state index contributed by atoms with van der Waals surface area (Å²) in [5, 5.41) is 0. The highest BCUT2D eigenvalue weighted by Crippen LogP contribution is 2.21. The predicted molar refractivity (Wildman–Crippen MR) is 94.8 cm³/mol. The Morgan fingerprint density at radius 3 is 2.32 bits per heavy atom. The van der Waals surface area contributed by atoms with Crippen molar-refractivity contribution in [1.29, 1.82) is 0 Å². The lowest BCUT2D eigenvalue weighted by atomic mass is 10.3. The van der Waals surface area contributed by atoms with Crippen LogP contribution in [0.3, 0.4) is 0 Å². The van der Waals surface area contributed by atoms with Gasteiger partial charge in [0, 0.05) is 13.1 Å². The largest absolute Gasteiger partial charge is 0.329 e. The number of imidazole rings is 1. The third kappa shape index (κ3) is 3.05. The summed E-state index contributed by atoms with van der Waals surface area (Å²) >= 11 is 0. The molecule has 0 saturated heterocycles. The van der Waals surface area contributed by atoms with Crippen molar-refractivity contribution in [3.05, 3.63) is 58.8 Å². The summed E-state index contributed by atoms with van der Waals surface area (Å²) < 4.78 is 43.9. The molecule has 1 aromatic heterocycles. The second kappa shape index (κ2) is 6.36. The zero-order valence-corrected chi connectivity index (χ0v) is 14.7. The second-order valence-electron chi connectivity index (χ2n) is 5.54. The smallest absolute Gasteiger partial charge is 0.292 e. The maximum Gasteiger partial charge on any atom is 0.329 e. The summed E-state index contributed by atoms with van der Waals surface area (Å²) in [6.07, 6.45) is 0. The summed E-state index contributed by atoms with van der Waals surface area (Å²) in [6.45, 7) is 4.61. The molecule has 0 radical (unpaired) electrons. The molecular formula is C17H18FN3O3S. The molecule has 25 heavy (non-hydrogen) atoms. The van der Waals surface area contributed by atoms with Crippen molar-refractivity contribution in [2.45, 2.75) is 31.8 Å². The Hall–Kier alpha value is -2.61. The number of aryl methyl sites for hydroxylation is 2. The first-order valence-corrected chi connectivity index (χ1v) is 9.37. The van der Waals surface area contributed by atoms with E-state index in [-0.39, 0.29) is 16.3 Å². The molecule has 3 rings (SSSR count). The summed E-state index contributed by atoms with van der Waals surface area (Å²) in [6, 6.07) is 9.75. The van der Waals surface area contributed by atoms with Crippen LogP contribution in [0.2, 0.25) is 0 Å². The fourth-order valence-corrected chi connectivity index (χ4v) is 3.91. The van der Waals surface area contributed by atoms with Crippen molar-refractivity contribution in [1.82, 2.24) is 9.13 Å². The van der Waals surface area contributed by atoms with Crippen LogP contribution in [0.1, 0.15) is 13.8 Å². The number of halogens is 1. The van der Waals surface area contributed by atoms with E-state index in [2.05, 4.69) is 4.72 Å². The average molecular weight is 363 g/mol. The number of hydrogen-bond donors (Lipinski definition) is 1. The molecule has 0 aliphatic carbocycles. The Balaban J connectivity index is 2.11. The van der Waals surface area contributed by atoms with Crippen molar-refractivity contribution in [3.8, 4) is 0 Å². The molecule has 6 nitrogen and oxygen atoms in total. The lowest BCUT2D eigenvalue weighted by Gasteiger charge is -2.09. The Labute approximate surface area is 144 Å². The van der Waals surface area contributed by atoms with Crippen molar-refractivity contribution >= 4 is 26.7 Å². The van der Waals surface area contributed by atoms with Crippen LogP contribution >= 0.6 is 0 Å². The summed E-state index contributed by atoms with van der Waals surface area (Å²) in [7, 11) is -3.90. The van der Waals surface area contributed by atoms with Crippen molar-refractivity contribution in [3.63, 3.8) is 0 Å². The van der Waals surface area contributed by atoms with E-state index in [1.165, 1.54) is 34.9 Å². The number of benzene rings is 2. The molecule has 0 aliphatic heterocycles. The molecule has 1 heterocycles. The highest BCUT2D eigenvalue weighted by atomic mass is 32.2. The molecule has 2 aromatic carbocycles. The Morgan fingerprint density at radius 2 is 1.68 bits per heavy atom. The number of sulfonamides is 1. The topological polar surface area (TPSA) is 73.1 Å². The molecule has 0 aliphatic rings. The first kappa shape index (κ1) is 17.2. The Morgan fingerprint density at radius 1 is 1.00 bits per heavy atom. The monoisotopic (exact) mass is 363 g/mol. The van der Waals surface area contributed by atoms with Gasteiger partial charge in [-0.05, 0) is 50.2 Å². The van der Waals surface area contributed by atoms with Crippen LogP contribution in [-0.4, -0.2) is 17.6 Å². The third-order valence-corrected chi connectivity index (χ3v) is 5.39. The first-order chi connectivity index (χ1) is 11.9. The van der Waals surface area contributed by atoms with Gasteiger partial charge in [0.1, 0.15) is 5.82 Å². The zero-order chi connectivity index (χ0) is 18.2. The minimum atomic E-state index is -3.90. The number of fused-ring (bicyclic) bond motifs is 1. The van der Waals surface area contributed by atoms with Gasteiger partial charge in [-0.3, -0.25) is 13.9 Å². The fraction of sp³-hybridized carbons (Fsp3) is 0.235. The van der Waals surface area contributed by atoms with Gasteiger partial charge in [-0.2, -0.15) is 0 Å². The molecule has 0 amide bonds. The molecule has 0 bridgehead atoms. The molecule has 0 unspecified atom stereocenters. The third-order valence-electron chi connectivity index (χ3n) is 4.01. The number of aromatic nitrogens is 2. The minimum Gasteiger partial charge on any atom is -0.292 e. The average Bonchev–Trinajstić information content (AvgIpc) is 2.84. The van der Waals surface area contributed by atoms with E-state index >= 15 is 0 Å². The standard InChI is InChI=1S/C17H18FN3O3S/c1-3-20-15-9-8-14(11-16(15)21(4-2)17(20)22)25(23,24)19-13-7-5-6-12(18)10-13/h5-11,19H,3-4H2,1-2H3. The number of nitrogens with zero attached hydrogens (tertiary/aromatic N) is 2. The lowest BCUT2D eigenvalue weighted by Crippen LogP contribution is -2.23. The second-order valence-corrected chi connectivity index (χ2v) is 7.22. The lowest BCUT2D eigenvalue weighted by molar-refractivity contribution is 0.601. The molecule has 132 valence electrons. The summed E-state index contributed by atoms with van der Waals surface area (Å²) in [4.78, 5) is 12.4. The number of rotatable bonds is 5. The molecule has 0 saturated carbocycles. The first-order valence-electron chi connectivity index (χ1n) is 7.89. The van der Waals surface area contributed by atoms with Gasteiger partial charge in [-0.1, -0.05) is 6.07 Å². The normalized spacial score (nSPS) is 11.8. The van der Waals surface area contributed by atoms with Crippen LogP contribution in [0.4, 0.5) is 10.1 Å². The number of nitrogens with one attached hydrogen (secondary N) is 1. The van der Waals surface area contributed by atoms with E-state index < -0.39 is 15.8 Å². The maximum atomic E-state index is 13.3. The van der Waals surface area contributed by atoms with E-state index in [1.807, 2.05) is 13.8 Å². The molecule has 8 heteroatoms. The highest BCUT2D eigenvalue weighted by molar-refractivity contribution is 7.92. The Kier molecular flexibility index (Phi) is 4.38. The van der Waals surface area contributed by atoms with E-state index in [0.29, 0.717) is 24.1 Å². The van der Waals surface area contributed by atoms with E-state index in [1.54, 1.807) is 10.6 Å². The quantitative estimate of drug-likeness (QED) is 0.758. The van der Waals surface area contributed by atoms with Gasteiger partial charge in [-0.15, -0.1) is 0 Å². The van der Waals surface area contributed by atoms with Gasteiger partial charge in [-0.25, -0.2) is 17.6 Å². The van der Waals surface area contributed by atoms with E-state index in [4.69, 9.17) is 0 Å². The van der Waals surface area contributed by atoms with Gasteiger partial charge in [0.15, 0.2) is 0 Å². The maximum absolute atomic E-state index is 13.3. The highest BCUT2D eigenvalue weighted by Gasteiger charge is 2.18. The SMILES string of the molecule is CCn1c(=O)n(CC)c2cc(S(=O)(=O)Nc3cccc(F)c3)ccc21. The van der Waals surface area contributed by atoms with Gasteiger partial charge in [0.25, 0.3) is 10.0 Å². The molecule has 1 N–H and O–H groups in total. The van der Waals surface area contributed by atoms with Gasteiger partial charge in [0.05, 0.1) is 21.6 Å². The molecule has 0 atom stereocenters. The molecule has 3 aromatic rings. The van der Waals surface area contributed by atoms with E-state index in [9.17, 15) is 17.6 Å². The van der Waals surface area contributed by atoms with Crippen molar-refractivity contribution in [2.75, 3.05) is 4.72 Å². The van der Waals surface area contributed by atoms with Crippen LogP contribution in [0.25, 0.3) is 11.0 Å². The van der Waals surface area contributed by atoms with Crippen LogP contribution in [-0.2, 0) is 23.1 Å². The molecule has 0 spiro atoms. The molecule has 0 fully saturated rings. The van der Waals surface area contributed by atoms with Crippen LogP contribution in [0.5, 0.6) is 0 Å². The van der Waals surface area contributed by atoms with Crippen molar-refractivity contribution < 1.29 is 12.8 Å². The summed E-state index contributed by atoms with van der Waals surface area (Å²) in [5.74, 6) is -0.532. The predicted octanol–water partition coefficient (Wildman–Crippen LogP) is 2.78. The fourth-order valence-electron chi connectivity index (χ4n) is 2.84. The Bertz CT molecular complexity index is 1100. The van der Waals surface area contributed by atoms with Crippen LogP contribution in [0, 0.1) is 5.82 Å². The molecular weight excluding hydrogens is 345 g/mol. The summed E-state index contributed by atoms with van der Waals surface area (Å²) in [5.41, 5.74) is 1.20.